The van der Waals surface area contributed by atoms with Crippen LogP contribution in [0.15, 0.2) is 59.5 Å². The Morgan fingerprint density at radius 3 is 2.15 bits per heavy atom. The molecule has 0 heterocycles. The lowest BCUT2D eigenvalue weighted by Gasteiger charge is -2.30. The third-order valence-electron chi connectivity index (χ3n) is 4.24. The molecule has 1 atom stereocenters. The molecule has 2 aromatic carbocycles. The monoisotopic (exact) mass is 375 g/mol. The fourth-order valence-electron chi connectivity index (χ4n) is 2.88. The van der Waals surface area contributed by atoms with Crippen LogP contribution in [0.25, 0.3) is 0 Å². The first kappa shape index (κ1) is 19.7. The molecule has 7 heteroatoms. The van der Waals surface area contributed by atoms with Gasteiger partial charge in [0.15, 0.2) is 15.4 Å². The number of carboxylic acid groups (broad SMARTS) is 1. The number of aliphatic carboxylic acids is 1. The molecule has 0 aliphatic heterocycles. The Bertz CT molecular complexity index is 909. The Morgan fingerprint density at radius 1 is 1.04 bits per heavy atom. The summed E-state index contributed by atoms with van der Waals surface area (Å²) in [5, 5.41) is 12.4. The van der Waals surface area contributed by atoms with E-state index in [2.05, 4.69) is 5.32 Å². The highest BCUT2D eigenvalue weighted by molar-refractivity contribution is 7.90. The second kappa shape index (κ2) is 7.70. The molecule has 0 aliphatic rings. The molecule has 6 nitrogen and oxygen atoms in total. The molecule has 0 aromatic heterocycles. The average Bonchev–Trinajstić information content (AvgIpc) is 2.59. The number of sulfone groups is 1. The van der Waals surface area contributed by atoms with Crippen molar-refractivity contribution in [2.75, 3.05) is 6.26 Å². The largest absolute Gasteiger partial charge is 0.479 e. The van der Waals surface area contributed by atoms with Gasteiger partial charge in [-0.25, -0.2) is 13.2 Å². The average molecular weight is 375 g/mol. The van der Waals surface area contributed by atoms with Gasteiger partial charge in [0.2, 0.25) is 5.91 Å². The van der Waals surface area contributed by atoms with Crippen LogP contribution in [0.2, 0.25) is 0 Å². The number of amides is 1. The fraction of sp³-hybridized carbons (Fsp3) is 0.263. The van der Waals surface area contributed by atoms with Gasteiger partial charge in [-0.3, -0.25) is 4.79 Å². The molecule has 0 bridgehead atoms. The van der Waals surface area contributed by atoms with Crippen LogP contribution < -0.4 is 5.32 Å². The summed E-state index contributed by atoms with van der Waals surface area (Å²) >= 11 is 0. The van der Waals surface area contributed by atoms with Gasteiger partial charge in [-0.1, -0.05) is 55.5 Å². The maximum atomic E-state index is 12.6. The van der Waals surface area contributed by atoms with E-state index in [0.29, 0.717) is 11.1 Å². The van der Waals surface area contributed by atoms with Crippen LogP contribution in [0.3, 0.4) is 0 Å². The third kappa shape index (κ3) is 4.11. The van der Waals surface area contributed by atoms with Crippen LogP contribution in [0, 0.1) is 0 Å². The summed E-state index contributed by atoms with van der Waals surface area (Å²) < 4.78 is 23.8. The van der Waals surface area contributed by atoms with Crippen molar-refractivity contribution in [3.05, 3.63) is 65.7 Å². The Kier molecular flexibility index (Phi) is 5.82. The smallest absolute Gasteiger partial charge is 0.334 e. The second-order valence-corrected chi connectivity index (χ2v) is 8.02. The maximum Gasteiger partial charge on any atom is 0.334 e. The molecule has 1 amide bonds. The molecule has 0 fully saturated rings. The van der Waals surface area contributed by atoms with E-state index in [1.165, 1.54) is 6.07 Å². The minimum absolute atomic E-state index is 0.0623. The Balaban J connectivity index is 2.35. The number of hydrogen-bond donors (Lipinski definition) is 2. The number of rotatable bonds is 7. The zero-order valence-corrected chi connectivity index (χ0v) is 15.4. The molecule has 26 heavy (non-hydrogen) atoms. The van der Waals surface area contributed by atoms with Crippen molar-refractivity contribution in [1.29, 1.82) is 0 Å². The quantitative estimate of drug-likeness (QED) is 0.772. The third-order valence-corrected chi connectivity index (χ3v) is 5.44. The summed E-state index contributed by atoms with van der Waals surface area (Å²) in [6.45, 7) is 1.67. The zero-order valence-electron chi connectivity index (χ0n) is 14.6. The number of carbonyl (C=O) groups excluding carboxylic acids is 1. The van der Waals surface area contributed by atoms with E-state index in [9.17, 15) is 23.1 Å². The first-order valence-corrected chi connectivity index (χ1v) is 9.97. The van der Waals surface area contributed by atoms with Crippen molar-refractivity contribution in [2.24, 2.45) is 0 Å². The Morgan fingerprint density at radius 2 is 1.62 bits per heavy atom. The van der Waals surface area contributed by atoms with Crippen molar-refractivity contribution in [3.8, 4) is 0 Å². The molecule has 2 aromatic rings. The van der Waals surface area contributed by atoms with E-state index >= 15 is 0 Å². The van der Waals surface area contributed by atoms with Crippen LogP contribution in [-0.2, 0) is 31.4 Å². The topological polar surface area (TPSA) is 101 Å². The molecule has 0 saturated carbocycles. The van der Waals surface area contributed by atoms with Crippen LogP contribution in [-0.4, -0.2) is 31.7 Å². The normalized spacial score (nSPS) is 13.6. The molecule has 2 rings (SSSR count). The van der Waals surface area contributed by atoms with E-state index in [1.54, 1.807) is 55.5 Å². The predicted octanol–water partition coefficient (Wildman–Crippen LogP) is 2.14. The van der Waals surface area contributed by atoms with Gasteiger partial charge in [0.25, 0.3) is 0 Å². The zero-order chi connectivity index (χ0) is 19.4. The number of hydrogen-bond acceptors (Lipinski definition) is 4. The van der Waals surface area contributed by atoms with Gasteiger partial charge in [0.1, 0.15) is 0 Å². The van der Waals surface area contributed by atoms with Crippen molar-refractivity contribution in [3.63, 3.8) is 0 Å². The highest BCUT2D eigenvalue weighted by Gasteiger charge is 2.40. The summed E-state index contributed by atoms with van der Waals surface area (Å²) in [5.41, 5.74) is -0.783. The molecule has 0 radical (unpaired) electrons. The molecule has 2 N–H and O–H groups in total. The minimum atomic E-state index is -3.49. The Labute approximate surface area is 152 Å². The molecular weight excluding hydrogens is 354 g/mol. The molecular formula is C19H21NO5S. The lowest BCUT2D eigenvalue weighted by molar-refractivity contribution is -0.148. The molecule has 0 spiro atoms. The lowest BCUT2D eigenvalue weighted by Crippen LogP contribution is -2.52. The van der Waals surface area contributed by atoms with Gasteiger partial charge in [0, 0.05) is 6.26 Å². The highest BCUT2D eigenvalue weighted by Crippen LogP contribution is 2.26. The predicted molar refractivity (Wildman–Crippen MR) is 97.4 cm³/mol. The van der Waals surface area contributed by atoms with E-state index < -0.39 is 27.3 Å². The van der Waals surface area contributed by atoms with Crippen LogP contribution >= 0.6 is 0 Å². The number of carbonyl (C=O) groups is 2. The second-order valence-electron chi connectivity index (χ2n) is 6.03. The molecule has 0 aliphatic carbocycles. The van der Waals surface area contributed by atoms with Gasteiger partial charge in [-0.15, -0.1) is 0 Å². The molecule has 1 unspecified atom stereocenters. The van der Waals surface area contributed by atoms with Gasteiger partial charge >= 0.3 is 5.97 Å². The molecule has 138 valence electrons. The van der Waals surface area contributed by atoms with Gasteiger partial charge in [0.05, 0.1) is 11.3 Å². The van der Waals surface area contributed by atoms with Crippen LogP contribution in [0.4, 0.5) is 0 Å². The summed E-state index contributed by atoms with van der Waals surface area (Å²) in [6, 6.07) is 14.6. The SMILES string of the molecule is CCC(NC(=O)Cc1ccccc1S(C)(=O)=O)(C(=O)O)c1ccccc1. The van der Waals surface area contributed by atoms with E-state index in [-0.39, 0.29) is 17.7 Å². The number of benzene rings is 2. The number of nitrogens with one attached hydrogen (secondary N) is 1. The van der Waals surface area contributed by atoms with Crippen molar-refractivity contribution < 1.29 is 23.1 Å². The van der Waals surface area contributed by atoms with Crippen molar-refractivity contribution in [2.45, 2.75) is 30.2 Å². The minimum Gasteiger partial charge on any atom is -0.479 e. The summed E-state index contributed by atoms with van der Waals surface area (Å²) in [6.07, 6.45) is 0.984. The van der Waals surface area contributed by atoms with Gasteiger partial charge < -0.3 is 10.4 Å². The van der Waals surface area contributed by atoms with Gasteiger partial charge in [-0.2, -0.15) is 0 Å². The summed E-state index contributed by atoms with van der Waals surface area (Å²) in [4.78, 5) is 24.6. The summed E-state index contributed by atoms with van der Waals surface area (Å²) in [7, 11) is -3.49. The highest BCUT2D eigenvalue weighted by atomic mass is 32.2. The van der Waals surface area contributed by atoms with Crippen molar-refractivity contribution >= 4 is 21.7 Å². The number of carboxylic acids is 1. The standard InChI is InChI=1S/C19H21NO5S/c1-3-19(18(22)23,15-10-5-4-6-11-15)20-17(21)13-14-9-7-8-12-16(14)26(2,24)25/h4-12H,3,13H2,1-2H3,(H,20,21)(H,22,23). The van der Waals surface area contributed by atoms with Gasteiger partial charge in [-0.05, 0) is 23.6 Å². The Hall–Kier alpha value is -2.67. The first-order chi connectivity index (χ1) is 12.2. The molecule has 0 saturated heterocycles. The summed E-state index contributed by atoms with van der Waals surface area (Å²) in [5.74, 6) is -1.73. The van der Waals surface area contributed by atoms with Crippen LogP contribution in [0.1, 0.15) is 24.5 Å². The lowest BCUT2D eigenvalue weighted by atomic mass is 9.87. The van der Waals surface area contributed by atoms with Crippen LogP contribution in [0.5, 0.6) is 0 Å². The maximum absolute atomic E-state index is 12.6. The van der Waals surface area contributed by atoms with E-state index in [0.717, 1.165) is 6.26 Å². The van der Waals surface area contributed by atoms with Crippen molar-refractivity contribution in [1.82, 2.24) is 5.32 Å². The van der Waals surface area contributed by atoms with E-state index in [1.807, 2.05) is 0 Å². The first-order valence-electron chi connectivity index (χ1n) is 8.08. The fourth-order valence-corrected chi connectivity index (χ4v) is 3.82. The van der Waals surface area contributed by atoms with E-state index in [4.69, 9.17) is 0 Å².